The van der Waals surface area contributed by atoms with Gasteiger partial charge in [0.2, 0.25) is 0 Å². The van der Waals surface area contributed by atoms with E-state index in [1.165, 1.54) is 12.8 Å². The summed E-state index contributed by atoms with van der Waals surface area (Å²) in [7, 11) is 0. The molecule has 0 atom stereocenters. The molecule has 0 bridgehead atoms. The summed E-state index contributed by atoms with van der Waals surface area (Å²) in [6.07, 6.45) is 2.35. The number of nitrogen functional groups attached to an aromatic ring is 1. The molecule has 1 saturated carbocycles. The Morgan fingerprint density at radius 3 is 2.84 bits per heavy atom. The molecule has 1 aromatic carbocycles. The molecular weight excluding hydrogens is 246 g/mol. The van der Waals surface area contributed by atoms with Gasteiger partial charge in [-0.2, -0.15) is 0 Å². The van der Waals surface area contributed by atoms with Crippen LogP contribution in [0.1, 0.15) is 30.0 Å². The van der Waals surface area contributed by atoms with Crippen molar-refractivity contribution in [2.45, 2.75) is 18.8 Å². The van der Waals surface area contributed by atoms with Crippen molar-refractivity contribution in [1.29, 1.82) is 5.41 Å². The van der Waals surface area contributed by atoms with Gasteiger partial charge < -0.3 is 5.73 Å². The van der Waals surface area contributed by atoms with Crippen molar-refractivity contribution in [2.75, 3.05) is 10.8 Å². The molecule has 3 rings (SSSR count). The van der Waals surface area contributed by atoms with Gasteiger partial charge in [0.1, 0.15) is 0 Å². The van der Waals surface area contributed by atoms with E-state index < -0.39 is 0 Å². The maximum absolute atomic E-state index is 10.1. The van der Waals surface area contributed by atoms with Gasteiger partial charge in [0.05, 0.1) is 5.69 Å². The number of hydrogen-bond donors (Lipinski definition) is 3. The molecule has 0 unspecified atom stereocenters. The van der Waals surface area contributed by atoms with Crippen LogP contribution in [-0.4, -0.2) is 21.4 Å². The van der Waals surface area contributed by atoms with E-state index in [4.69, 9.17) is 11.1 Å². The molecule has 4 N–H and O–H groups in total. The molecule has 0 saturated heterocycles. The summed E-state index contributed by atoms with van der Waals surface area (Å²) < 4.78 is 4.42. The molecule has 0 amide bonds. The highest BCUT2D eigenvalue weighted by Crippen LogP contribution is 2.40. The summed E-state index contributed by atoms with van der Waals surface area (Å²) in [6, 6.07) is 7.44. The maximum atomic E-state index is 10.1. The van der Waals surface area contributed by atoms with Crippen LogP contribution in [0.2, 0.25) is 0 Å². The van der Waals surface area contributed by atoms with Crippen LogP contribution < -0.4 is 10.8 Å². The molecule has 1 aromatic heterocycles. The van der Waals surface area contributed by atoms with E-state index in [-0.39, 0.29) is 17.3 Å². The van der Waals surface area contributed by atoms with Gasteiger partial charge in [-0.05, 0) is 46.8 Å². The maximum Gasteiger partial charge on any atom is 0.199 e. The quantitative estimate of drug-likeness (QED) is 0.439. The van der Waals surface area contributed by atoms with Crippen LogP contribution in [0.4, 0.5) is 11.5 Å². The predicted octanol–water partition coefficient (Wildman–Crippen LogP) is 1.75. The van der Waals surface area contributed by atoms with Crippen LogP contribution in [0.3, 0.4) is 0 Å². The lowest BCUT2D eigenvalue weighted by atomic mass is 10.1. The Hall–Kier alpha value is -2.41. The molecule has 98 valence electrons. The Kier molecular flexibility index (Phi) is 2.68. The largest absolute Gasteiger partial charge is 0.379 e. The summed E-state index contributed by atoms with van der Waals surface area (Å²) >= 11 is 0. The Bertz CT molecular complexity index is 620. The minimum absolute atomic E-state index is 0.0133. The van der Waals surface area contributed by atoms with Gasteiger partial charge >= 0.3 is 0 Å². The van der Waals surface area contributed by atoms with E-state index >= 15 is 0 Å². The molecule has 2 aromatic rings. The second-order valence-corrected chi connectivity index (χ2v) is 4.53. The summed E-state index contributed by atoms with van der Waals surface area (Å²) in [5, 5.41) is 25.5. The first kappa shape index (κ1) is 11.7. The molecular formula is C12H13N5O2. The van der Waals surface area contributed by atoms with Crippen LogP contribution in [0.15, 0.2) is 28.9 Å². The third-order valence-electron chi connectivity index (χ3n) is 3.11. The molecule has 19 heavy (non-hydrogen) atoms. The van der Waals surface area contributed by atoms with Gasteiger partial charge in [0, 0.05) is 0 Å². The van der Waals surface area contributed by atoms with E-state index in [1.54, 1.807) is 6.07 Å². The van der Waals surface area contributed by atoms with Crippen molar-refractivity contribution in [3.63, 3.8) is 0 Å². The summed E-state index contributed by atoms with van der Waals surface area (Å²) in [4.78, 5) is 0. The number of amidine groups is 1. The Labute approximate surface area is 109 Å². The Morgan fingerprint density at radius 2 is 2.21 bits per heavy atom. The van der Waals surface area contributed by atoms with E-state index in [9.17, 15) is 5.21 Å². The molecule has 1 aliphatic carbocycles. The lowest BCUT2D eigenvalue weighted by molar-refractivity contribution is 0.300. The number of anilines is 2. The summed E-state index contributed by atoms with van der Waals surface area (Å²) in [5.74, 6) is 0.274. The highest BCUT2D eigenvalue weighted by molar-refractivity contribution is 6.07. The van der Waals surface area contributed by atoms with Crippen LogP contribution in [0.25, 0.3) is 0 Å². The number of hydrogen-bond acceptors (Lipinski definition) is 6. The van der Waals surface area contributed by atoms with Gasteiger partial charge in [-0.1, -0.05) is 12.1 Å². The monoisotopic (exact) mass is 259 g/mol. The molecule has 7 nitrogen and oxygen atoms in total. The third-order valence-corrected chi connectivity index (χ3v) is 3.11. The fourth-order valence-electron chi connectivity index (χ4n) is 1.92. The van der Waals surface area contributed by atoms with Crippen LogP contribution in [-0.2, 0) is 0 Å². The topological polar surface area (TPSA) is 112 Å². The number of hydroxylamine groups is 1. The average Bonchev–Trinajstić information content (AvgIpc) is 3.20. The van der Waals surface area contributed by atoms with Crippen molar-refractivity contribution in [1.82, 2.24) is 10.3 Å². The van der Waals surface area contributed by atoms with E-state index in [1.807, 2.05) is 18.2 Å². The van der Waals surface area contributed by atoms with Gasteiger partial charge in [-0.25, -0.2) is 9.69 Å². The van der Waals surface area contributed by atoms with Crippen LogP contribution in [0.5, 0.6) is 0 Å². The van der Waals surface area contributed by atoms with Gasteiger partial charge in [-0.15, -0.1) is 0 Å². The number of aromatic nitrogens is 2. The van der Waals surface area contributed by atoms with E-state index in [2.05, 4.69) is 14.9 Å². The second-order valence-electron chi connectivity index (χ2n) is 4.53. The zero-order chi connectivity index (χ0) is 13.4. The van der Waals surface area contributed by atoms with Crippen LogP contribution >= 0.6 is 0 Å². The minimum Gasteiger partial charge on any atom is -0.379 e. The lowest BCUT2D eigenvalue weighted by Crippen LogP contribution is -2.28. The zero-order valence-corrected chi connectivity index (χ0v) is 10.1. The Balaban J connectivity index is 1.87. The predicted molar refractivity (Wildman–Crippen MR) is 68.2 cm³/mol. The van der Waals surface area contributed by atoms with Gasteiger partial charge in [0.25, 0.3) is 0 Å². The Morgan fingerprint density at radius 1 is 1.42 bits per heavy atom. The molecule has 0 spiro atoms. The van der Waals surface area contributed by atoms with Gasteiger partial charge in [-0.3, -0.25) is 10.6 Å². The smallest absolute Gasteiger partial charge is 0.199 e. The van der Waals surface area contributed by atoms with E-state index in [0.29, 0.717) is 11.6 Å². The third kappa shape index (κ3) is 2.15. The average molecular weight is 259 g/mol. The van der Waals surface area contributed by atoms with Crippen molar-refractivity contribution >= 4 is 17.3 Å². The van der Waals surface area contributed by atoms with Gasteiger partial charge in [0.15, 0.2) is 17.3 Å². The standard InChI is InChI=1S/C12H13N5O2/c13-11-10(15-19-16-11)12(14)17(18)9-3-1-2-8(6-9)7-4-5-7/h1-3,6-7,14,18H,4-5H2,(H2,13,16). The number of nitrogens with two attached hydrogens (primary N) is 1. The number of nitrogens with one attached hydrogen (secondary N) is 1. The highest BCUT2D eigenvalue weighted by Gasteiger charge is 2.25. The van der Waals surface area contributed by atoms with Crippen molar-refractivity contribution < 1.29 is 9.84 Å². The SMILES string of the molecule is N=C(c1nonc1N)N(O)c1cccc(C2CC2)c1. The molecule has 1 aliphatic rings. The molecule has 1 fully saturated rings. The summed E-state index contributed by atoms with van der Waals surface area (Å²) in [5.41, 5.74) is 7.17. The van der Waals surface area contributed by atoms with Crippen molar-refractivity contribution in [3.05, 3.63) is 35.5 Å². The minimum atomic E-state index is -0.272. The van der Waals surface area contributed by atoms with Crippen molar-refractivity contribution in [2.24, 2.45) is 0 Å². The fraction of sp³-hybridized carbons (Fsp3) is 0.250. The first-order chi connectivity index (χ1) is 9.16. The molecule has 0 aliphatic heterocycles. The van der Waals surface area contributed by atoms with Crippen molar-refractivity contribution in [3.8, 4) is 0 Å². The number of benzene rings is 1. The van der Waals surface area contributed by atoms with E-state index in [0.717, 1.165) is 10.6 Å². The molecule has 1 heterocycles. The summed E-state index contributed by atoms with van der Waals surface area (Å²) in [6.45, 7) is 0. The first-order valence-corrected chi connectivity index (χ1v) is 5.92. The first-order valence-electron chi connectivity index (χ1n) is 5.92. The highest BCUT2D eigenvalue weighted by atomic mass is 16.6. The molecule has 7 heteroatoms. The number of rotatable bonds is 3. The fourth-order valence-corrected chi connectivity index (χ4v) is 1.92. The van der Waals surface area contributed by atoms with Crippen LogP contribution in [0, 0.1) is 5.41 Å². The number of nitrogens with zero attached hydrogens (tertiary/aromatic N) is 3. The lowest BCUT2D eigenvalue weighted by Gasteiger charge is -2.16. The normalized spacial score (nSPS) is 14.4. The second kappa shape index (κ2) is 4.36. The molecule has 0 radical (unpaired) electrons. The zero-order valence-electron chi connectivity index (χ0n) is 10.1.